The van der Waals surface area contributed by atoms with Crippen molar-refractivity contribution in [1.29, 1.82) is 0 Å². The molecule has 0 saturated heterocycles. The van der Waals surface area contributed by atoms with Gasteiger partial charge in [0.1, 0.15) is 0 Å². The predicted octanol–water partition coefficient (Wildman–Crippen LogP) is 4.37. The normalized spacial score (nSPS) is 10.4. The van der Waals surface area contributed by atoms with Crippen LogP contribution in [0.3, 0.4) is 0 Å². The zero-order valence-corrected chi connectivity index (χ0v) is 10.7. The molecule has 0 atom stereocenters. The third-order valence-corrected chi connectivity index (χ3v) is 3.18. The lowest BCUT2D eigenvalue weighted by Gasteiger charge is -2.13. The first-order valence-electron chi connectivity index (χ1n) is 6.30. The summed E-state index contributed by atoms with van der Waals surface area (Å²) in [5, 5.41) is 1.85. The van der Waals surface area contributed by atoms with Gasteiger partial charge in [0.2, 0.25) is 0 Å². The van der Waals surface area contributed by atoms with Crippen molar-refractivity contribution in [2.24, 2.45) is 0 Å². The number of benzene rings is 3. The number of rotatable bonds is 2. The Morgan fingerprint density at radius 3 is 2.25 bits per heavy atom. The molecule has 3 aromatic rings. The molecule has 0 unspecified atom stereocenters. The highest BCUT2D eigenvalue weighted by Gasteiger charge is 2.19. The molecule has 0 fully saturated rings. The average molecular weight is 265 g/mol. The Morgan fingerprint density at radius 2 is 1.45 bits per heavy atom. The number of fused-ring (bicyclic) bond motifs is 1. The zero-order valence-electron chi connectivity index (χ0n) is 10.7. The summed E-state index contributed by atoms with van der Waals surface area (Å²) in [6, 6.07) is 21.0. The van der Waals surface area contributed by atoms with Crippen LogP contribution in [0.2, 0.25) is 0 Å². The maximum atomic E-state index is 14.2. The second kappa shape index (κ2) is 5.13. The smallest absolute Gasteiger partial charge is 0.266 e. The van der Waals surface area contributed by atoms with Gasteiger partial charge in [-0.25, -0.2) is 0 Å². The van der Waals surface area contributed by atoms with E-state index in [4.69, 9.17) is 0 Å². The van der Waals surface area contributed by atoms with Gasteiger partial charge in [0.05, 0.1) is 11.3 Å². The maximum Gasteiger partial charge on any atom is 0.286 e. The van der Waals surface area contributed by atoms with Crippen LogP contribution < -0.4 is 5.12 Å². The van der Waals surface area contributed by atoms with Crippen LogP contribution in [0.15, 0.2) is 72.8 Å². The van der Waals surface area contributed by atoms with Gasteiger partial charge in [0, 0.05) is 0 Å². The highest BCUT2D eigenvalue weighted by atomic mass is 19.2. The summed E-state index contributed by atoms with van der Waals surface area (Å²) in [4.78, 5) is 12.3. The van der Waals surface area contributed by atoms with Crippen molar-refractivity contribution in [2.75, 3.05) is 5.12 Å². The minimum absolute atomic E-state index is 0.182. The van der Waals surface area contributed by atoms with Gasteiger partial charge >= 0.3 is 0 Å². The number of halogens is 1. The first kappa shape index (κ1) is 12.4. The third kappa shape index (κ3) is 2.14. The van der Waals surface area contributed by atoms with Crippen molar-refractivity contribution >= 4 is 22.4 Å². The largest absolute Gasteiger partial charge is 0.286 e. The lowest BCUT2D eigenvalue weighted by atomic mass is 10.0. The lowest BCUT2D eigenvalue weighted by Crippen LogP contribution is -2.22. The number of nitrogens with zero attached hydrogens (tertiary/aromatic N) is 1. The molecule has 0 aliphatic rings. The van der Waals surface area contributed by atoms with Crippen LogP contribution in [0.4, 0.5) is 10.2 Å². The van der Waals surface area contributed by atoms with Gasteiger partial charge in [-0.3, -0.25) is 4.79 Å². The molecule has 98 valence electrons. The SMILES string of the molecule is O=C(c1cccc2ccccc12)N(F)c1ccccc1. The monoisotopic (exact) mass is 265 g/mol. The van der Waals surface area contributed by atoms with Crippen molar-refractivity contribution in [1.82, 2.24) is 0 Å². The first-order chi connectivity index (χ1) is 9.77. The highest BCUT2D eigenvalue weighted by molar-refractivity contribution is 6.13. The van der Waals surface area contributed by atoms with Gasteiger partial charge in [0.25, 0.3) is 5.91 Å². The Labute approximate surface area is 116 Å². The first-order valence-corrected chi connectivity index (χ1v) is 6.30. The Hall–Kier alpha value is -2.68. The van der Waals surface area contributed by atoms with E-state index in [2.05, 4.69) is 0 Å². The number of hydrogen-bond donors (Lipinski definition) is 0. The molecule has 0 saturated carbocycles. The summed E-state index contributed by atoms with van der Waals surface area (Å²) in [5.74, 6) is -0.659. The van der Waals surface area contributed by atoms with E-state index in [0.29, 0.717) is 5.56 Å². The standard InChI is InChI=1S/C17H12FNO/c18-19(14-9-2-1-3-10-14)17(20)16-12-6-8-13-7-4-5-11-15(13)16/h1-12H. The van der Waals surface area contributed by atoms with Crippen LogP contribution in [0.25, 0.3) is 10.8 Å². The topological polar surface area (TPSA) is 20.3 Å². The van der Waals surface area contributed by atoms with E-state index in [1.54, 1.807) is 42.5 Å². The summed E-state index contributed by atoms with van der Waals surface area (Å²) >= 11 is 0. The van der Waals surface area contributed by atoms with Gasteiger partial charge in [-0.15, -0.1) is 5.12 Å². The molecule has 1 amide bonds. The fraction of sp³-hybridized carbons (Fsp3) is 0. The molecule has 0 radical (unpaired) electrons. The molecule has 20 heavy (non-hydrogen) atoms. The summed E-state index contributed by atoms with van der Waals surface area (Å²) in [5.41, 5.74) is 0.583. The molecule has 0 aromatic heterocycles. The van der Waals surface area contributed by atoms with Gasteiger partial charge in [-0.05, 0) is 29.0 Å². The number of amides is 1. The van der Waals surface area contributed by atoms with Crippen molar-refractivity contribution in [3.63, 3.8) is 0 Å². The second-order valence-corrected chi connectivity index (χ2v) is 4.45. The summed E-state index contributed by atoms with van der Waals surface area (Å²) < 4.78 is 14.2. The van der Waals surface area contributed by atoms with Crippen molar-refractivity contribution < 1.29 is 9.28 Å². The Morgan fingerprint density at radius 1 is 0.800 bits per heavy atom. The van der Waals surface area contributed by atoms with Gasteiger partial charge in [0.15, 0.2) is 0 Å². The van der Waals surface area contributed by atoms with Crippen LogP contribution >= 0.6 is 0 Å². The number of carbonyl (C=O) groups is 1. The van der Waals surface area contributed by atoms with E-state index in [1.807, 2.05) is 30.3 Å². The molecule has 0 bridgehead atoms. The van der Waals surface area contributed by atoms with Crippen molar-refractivity contribution in [3.8, 4) is 0 Å². The molecule has 0 N–H and O–H groups in total. The number of para-hydroxylation sites is 1. The third-order valence-electron chi connectivity index (χ3n) is 3.18. The fourth-order valence-corrected chi connectivity index (χ4v) is 2.19. The van der Waals surface area contributed by atoms with E-state index in [1.165, 1.54) is 0 Å². The Bertz CT molecular complexity index is 750. The molecule has 0 spiro atoms. The van der Waals surface area contributed by atoms with E-state index < -0.39 is 5.91 Å². The average Bonchev–Trinajstić information content (AvgIpc) is 2.54. The second-order valence-electron chi connectivity index (χ2n) is 4.45. The molecule has 3 aromatic carbocycles. The van der Waals surface area contributed by atoms with Crippen molar-refractivity contribution in [3.05, 3.63) is 78.4 Å². The highest BCUT2D eigenvalue weighted by Crippen LogP contribution is 2.23. The lowest BCUT2D eigenvalue weighted by molar-refractivity contribution is 0.0933. The van der Waals surface area contributed by atoms with Crippen LogP contribution in [0.5, 0.6) is 0 Å². The summed E-state index contributed by atoms with van der Waals surface area (Å²) in [6.45, 7) is 0. The fourth-order valence-electron chi connectivity index (χ4n) is 2.19. The molecular formula is C17H12FNO. The van der Waals surface area contributed by atoms with Crippen LogP contribution in [0.1, 0.15) is 10.4 Å². The number of anilines is 1. The molecule has 2 nitrogen and oxygen atoms in total. The quantitative estimate of drug-likeness (QED) is 0.630. The molecular weight excluding hydrogens is 253 g/mol. The van der Waals surface area contributed by atoms with Crippen LogP contribution in [-0.2, 0) is 0 Å². The summed E-state index contributed by atoms with van der Waals surface area (Å²) in [7, 11) is 0. The van der Waals surface area contributed by atoms with Gasteiger partial charge in [-0.1, -0.05) is 59.1 Å². The zero-order chi connectivity index (χ0) is 13.9. The van der Waals surface area contributed by atoms with E-state index in [0.717, 1.165) is 10.8 Å². The predicted molar refractivity (Wildman–Crippen MR) is 78.3 cm³/mol. The van der Waals surface area contributed by atoms with Gasteiger partial charge < -0.3 is 0 Å². The molecule has 0 aliphatic carbocycles. The molecule has 3 rings (SSSR count). The summed E-state index contributed by atoms with van der Waals surface area (Å²) in [6.07, 6.45) is 0. The molecule has 0 aliphatic heterocycles. The van der Waals surface area contributed by atoms with Crippen LogP contribution in [-0.4, -0.2) is 5.91 Å². The van der Waals surface area contributed by atoms with E-state index in [9.17, 15) is 9.28 Å². The minimum Gasteiger partial charge on any atom is -0.266 e. The number of carbonyl (C=O) groups excluding carboxylic acids is 1. The van der Waals surface area contributed by atoms with E-state index >= 15 is 0 Å². The Kier molecular flexibility index (Phi) is 3.17. The van der Waals surface area contributed by atoms with Gasteiger partial charge in [-0.2, -0.15) is 0 Å². The van der Waals surface area contributed by atoms with Crippen molar-refractivity contribution in [2.45, 2.75) is 0 Å². The van der Waals surface area contributed by atoms with E-state index in [-0.39, 0.29) is 10.8 Å². The Balaban J connectivity index is 2.05. The maximum absolute atomic E-state index is 14.2. The minimum atomic E-state index is -0.659. The number of hydrogen-bond acceptors (Lipinski definition) is 1. The molecule has 3 heteroatoms. The van der Waals surface area contributed by atoms with Crippen LogP contribution in [0, 0.1) is 0 Å². The molecule has 0 heterocycles.